The van der Waals surface area contributed by atoms with Crippen molar-refractivity contribution in [2.75, 3.05) is 21.3 Å². The van der Waals surface area contributed by atoms with Crippen LogP contribution in [0.15, 0.2) is 17.2 Å². The van der Waals surface area contributed by atoms with Crippen LogP contribution < -0.4 is 14.2 Å². The number of benzene rings is 1. The zero-order valence-corrected chi connectivity index (χ0v) is 14.4. The van der Waals surface area contributed by atoms with E-state index >= 15 is 0 Å². The van der Waals surface area contributed by atoms with E-state index in [-0.39, 0.29) is 34.5 Å². The molecule has 0 unspecified atom stereocenters. The Kier molecular flexibility index (Phi) is 4.09. The minimum atomic E-state index is -0.439. The standard InChI is InChI=1S/C18H20O6/c1-8-6-10-13(9(2)24-8)16(20)14-11(15(10)19)7-12(21-3)17(22-4)18(14)23-5/h7-9H,6H2,1-5H3/t8-,9+/m0/s1. The van der Waals surface area contributed by atoms with E-state index in [2.05, 4.69) is 0 Å². The topological polar surface area (TPSA) is 71.1 Å². The van der Waals surface area contributed by atoms with Crippen molar-refractivity contribution in [3.05, 3.63) is 28.3 Å². The second-order valence-corrected chi connectivity index (χ2v) is 5.91. The molecule has 0 saturated carbocycles. The van der Waals surface area contributed by atoms with Gasteiger partial charge in [-0.25, -0.2) is 0 Å². The molecule has 6 nitrogen and oxygen atoms in total. The van der Waals surface area contributed by atoms with Crippen LogP contribution in [0, 0.1) is 0 Å². The van der Waals surface area contributed by atoms with Gasteiger partial charge in [-0.15, -0.1) is 0 Å². The maximum absolute atomic E-state index is 13.1. The molecule has 1 aromatic carbocycles. The second kappa shape index (κ2) is 5.94. The molecule has 0 spiro atoms. The normalized spacial score (nSPS) is 22.9. The first-order valence-electron chi connectivity index (χ1n) is 7.75. The zero-order valence-electron chi connectivity index (χ0n) is 14.4. The molecule has 2 aliphatic rings. The van der Waals surface area contributed by atoms with Gasteiger partial charge in [-0.3, -0.25) is 9.59 Å². The Bertz CT molecular complexity index is 761. The SMILES string of the molecule is COc1cc2c(c(OC)c1OC)C(=O)C1=C(C[C@H](C)O[C@@H]1C)C2=O. The average Bonchev–Trinajstić information content (AvgIpc) is 2.56. The number of fused-ring (bicyclic) bond motifs is 1. The lowest BCUT2D eigenvalue weighted by atomic mass is 9.78. The van der Waals surface area contributed by atoms with E-state index in [1.54, 1.807) is 13.0 Å². The summed E-state index contributed by atoms with van der Waals surface area (Å²) in [5, 5.41) is 0. The van der Waals surface area contributed by atoms with Gasteiger partial charge in [0.05, 0.1) is 39.1 Å². The molecule has 0 saturated heterocycles. The van der Waals surface area contributed by atoms with Crippen LogP contribution in [0.5, 0.6) is 17.2 Å². The van der Waals surface area contributed by atoms with E-state index in [0.29, 0.717) is 29.1 Å². The molecule has 1 aromatic rings. The summed E-state index contributed by atoms with van der Waals surface area (Å²) < 4.78 is 21.8. The Hall–Kier alpha value is -2.34. The fraction of sp³-hybridized carbons (Fsp3) is 0.444. The maximum atomic E-state index is 13.1. The third kappa shape index (κ3) is 2.21. The van der Waals surface area contributed by atoms with Crippen molar-refractivity contribution in [1.29, 1.82) is 0 Å². The van der Waals surface area contributed by atoms with E-state index in [4.69, 9.17) is 18.9 Å². The first-order chi connectivity index (χ1) is 11.4. The van der Waals surface area contributed by atoms with Gasteiger partial charge in [0, 0.05) is 23.1 Å². The van der Waals surface area contributed by atoms with Gasteiger partial charge in [0.25, 0.3) is 0 Å². The molecule has 1 aliphatic carbocycles. The zero-order chi connectivity index (χ0) is 17.6. The number of ketones is 2. The van der Waals surface area contributed by atoms with E-state index in [9.17, 15) is 9.59 Å². The number of methoxy groups -OCH3 is 3. The lowest BCUT2D eigenvalue weighted by Crippen LogP contribution is -2.36. The molecular formula is C18H20O6. The minimum Gasteiger partial charge on any atom is -0.493 e. The van der Waals surface area contributed by atoms with E-state index in [0.717, 1.165) is 0 Å². The lowest BCUT2D eigenvalue weighted by molar-refractivity contribution is 0.0148. The average molecular weight is 332 g/mol. The van der Waals surface area contributed by atoms with Crippen molar-refractivity contribution < 1.29 is 28.5 Å². The number of carbonyl (C=O) groups excluding carboxylic acids is 2. The largest absolute Gasteiger partial charge is 0.493 e. The van der Waals surface area contributed by atoms with Crippen LogP contribution in [0.25, 0.3) is 0 Å². The van der Waals surface area contributed by atoms with E-state index in [1.807, 2.05) is 6.92 Å². The van der Waals surface area contributed by atoms with Crippen molar-refractivity contribution in [2.24, 2.45) is 0 Å². The third-order valence-corrected chi connectivity index (χ3v) is 4.48. The van der Waals surface area contributed by atoms with Crippen LogP contribution in [-0.2, 0) is 4.74 Å². The lowest BCUT2D eigenvalue weighted by Gasteiger charge is -2.33. The van der Waals surface area contributed by atoms with Crippen molar-refractivity contribution >= 4 is 11.6 Å². The first kappa shape index (κ1) is 16.5. The molecule has 3 rings (SSSR count). The summed E-state index contributed by atoms with van der Waals surface area (Å²) in [7, 11) is 4.37. The highest BCUT2D eigenvalue weighted by Gasteiger charge is 2.42. The molecule has 0 fully saturated rings. The van der Waals surface area contributed by atoms with Gasteiger partial charge >= 0.3 is 0 Å². The Labute approximate surface area is 140 Å². The van der Waals surface area contributed by atoms with Gasteiger partial charge in [0.2, 0.25) is 5.75 Å². The van der Waals surface area contributed by atoms with Crippen LogP contribution in [0.4, 0.5) is 0 Å². The third-order valence-electron chi connectivity index (χ3n) is 4.48. The number of hydrogen-bond donors (Lipinski definition) is 0. The number of Topliss-reactive ketones (excluding diaryl/α,β-unsaturated/α-hetero) is 2. The van der Waals surface area contributed by atoms with Crippen molar-refractivity contribution in [3.8, 4) is 17.2 Å². The van der Waals surface area contributed by atoms with Gasteiger partial charge in [0.1, 0.15) is 0 Å². The summed E-state index contributed by atoms with van der Waals surface area (Å²) in [5.41, 5.74) is 1.43. The maximum Gasteiger partial charge on any atom is 0.204 e. The first-order valence-corrected chi connectivity index (χ1v) is 7.75. The molecule has 0 aromatic heterocycles. The van der Waals surface area contributed by atoms with Crippen molar-refractivity contribution in [2.45, 2.75) is 32.5 Å². The number of hydrogen-bond acceptors (Lipinski definition) is 6. The Morgan fingerprint density at radius 2 is 1.67 bits per heavy atom. The van der Waals surface area contributed by atoms with Crippen molar-refractivity contribution in [3.63, 3.8) is 0 Å². The molecule has 24 heavy (non-hydrogen) atoms. The van der Waals surface area contributed by atoms with E-state index in [1.165, 1.54) is 21.3 Å². The van der Waals surface area contributed by atoms with Crippen LogP contribution >= 0.6 is 0 Å². The van der Waals surface area contributed by atoms with E-state index < -0.39 is 6.10 Å². The van der Waals surface area contributed by atoms with Crippen molar-refractivity contribution in [1.82, 2.24) is 0 Å². The molecule has 128 valence electrons. The number of rotatable bonds is 3. The fourth-order valence-electron chi connectivity index (χ4n) is 3.50. The summed E-state index contributed by atoms with van der Waals surface area (Å²) in [5.74, 6) is 0.424. The fourth-order valence-corrected chi connectivity index (χ4v) is 3.50. The smallest absolute Gasteiger partial charge is 0.204 e. The summed E-state index contributed by atoms with van der Waals surface area (Å²) in [4.78, 5) is 26.1. The van der Waals surface area contributed by atoms with Crippen LogP contribution in [0.1, 0.15) is 41.0 Å². The van der Waals surface area contributed by atoms with Crippen LogP contribution in [-0.4, -0.2) is 45.1 Å². The quantitative estimate of drug-likeness (QED) is 0.847. The van der Waals surface area contributed by atoms with Gasteiger partial charge in [-0.1, -0.05) is 0 Å². The molecule has 0 N–H and O–H groups in total. The molecule has 2 atom stereocenters. The Morgan fingerprint density at radius 1 is 1.00 bits per heavy atom. The summed E-state index contributed by atoms with van der Waals surface area (Å²) in [6, 6.07) is 1.55. The molecular weight excluding hydrogens is 312 g/mol. The molecule has 0 amide bonds. The van der Waals surface area contributed by atoms with Gasteiger partial charge < -0.3 is 18.9 Å². The van der Waals surface area contributed by atoms with Crippen LogP contribution in [0.2, 0.25) is 0 Å². The predicted octanol–water partition coefficient (Wildman–Crippen LogP) is 2.59. The van der Waals surface area contributed by atoms with Crippen LogP contribution in [0.3, 0.4) is 0 Å². The number of ether oxygens (including phenoxy) is 4. The Balaban J connectivity index is 2.29. The molecule has 6 heteroatoms. The minimum absolute atomic E-state index is 0.112. The summed E-state index contributed by atoms with van der Waals surface area (Å²) in [6.45, 7) is 3.68. The van der Waals surface area contributed by atoms with Gasteiger partial charge in [0.15, 0.2) is 23.1 Å². The van der Waals surface area contributed by atoms with Gasteiger partial charge in [-0.05, 0) is 19.9 Å². The Morgan fingerprint density at radius 3 is 2.25 bits per heavy atom. The highest BCUT2D eigenvalue weighted by molar-refractivity contribution is 6.29. The molecule has 0 bridgehead atoms. The molecule has 1 heterocycles. The monoisotopic (exact) mass is 332 g/mol. The van der Waals surface area contributed by atoms with Gasteiger partial charge in [-0.2, -0.15) is 0 Å². The predicted molar refractivity (Wildman–Crippen MR) is 86.4 cm³/mol. The second-order valence-electron chi connectivity index (χ2n) is 5.91. The number of carbonyl (C=O) groups is 2. The highest BCUT2D eigenvalue weighted by atomic mass is 16.5. The molecule has 0 radical (unpaired) electrons. The summed E-state index contributed by atoms with van der Waals surface area (Å²) >= 11 is 0. The molecule has 1 aliphatic heterocycles. The summed E-state index contributed by atoms with van der Waals surface area (Å²) in [6.07, 6.45) is -0.134. The highest BCUT2D eigenvalue weighted by Crippen LogP contribution is 2.47.